The van der Waals surface area contributed by atoms with E-state index in [1.807, 2.05) is 6.92 Å². The van der Waals surface area contributed by atoms with Gasteiger partial charge in [-0.25, -0.2) is 0 Å². The van der Waals surface area contributed by atoms with Crippen molar-refractivity contribution >= 4 is 11.7 Å². The first-order chi connectivity index (χ1) is 7.00. The van der Waals surface area contributed by atoms with E-state index in [1.54, 1.807) is 4.90 Å². The summed E-state index contributed by atoms with van der Waals surface area (Å²) in [5, 5.41) is 9.50. The van der Waals surface area contributed by atoms with Crippen LogP contribution in [0.3, 0.4) is 0 Å². The van der Waals surface area contributed by atoms with Gasteiger partial charge in [-0.15, -0.1) is 0 Å². The summed E-state index contributed by atoms with van der Waals surface area (Å²) in [7, 11) is 0. The summed E-state index contributed by atoms with van der Waals surface area (Å²) in [6.45, 7) is 4.66. The molecule has 0 radical (unpaired) electrons. The van der Waals surface area contributed by atoms with Crippen molar-refractivity contribution in [2.75, 3.05) is 13.1 Å². The first kappa shape index (κ1) is 12.2. The molecule has 86 valence electrons. The Balaban J connectivity index is 2.37. The molecule has 0 aromatic carbocycles. The highest BCUT2D eigenvalue weighted by atomic mass is 16.3. The molecule has 15 heavy (non-hydrogen) atoms. The highest BCUT2D eigenvalue weighted by Crippen LogP contribution is 2.17. The summed E-state index contributed by atoms with van der Waals surface area (Å²) in [6.07, 6.45) is 0.985. The zero-order chi connectivity index (χ0) is 11.4. The summed E-state index contributed by atoms with van der Waals surface area (Å²) in [5.74, 6) is 0.220. The van der Waals surface area contributed by atoms with Crippen LogP contribution >= 0.6 is 0 Å². The number of hydrogen-bond acceptors (Lipinski definition) is 3. The maximum atomic E-state index is 11.6. The van der Waals surface area contributed by atoms with E-state index in [2.05, 4.69) is 0 Å². The third kappa shape index (κ3) is 3.63. The van der Waals surface area contributed by atoms with E-state index in [0.717, 1.165) is 0 Å². The van der Waals surface area contributed by atoms with E-state index in [-0.39, 0.29) is 23.7 Å². The largest absolute Gasteiger partial charge is 0.393 e. The zero-order valence-corrected chi connectivity index (χ0v) is 9.40. The van der Waals surface area contributed by atoms with Crippen LogP contribution in [0, 0.1) is 5.92 Å². The molecule has 0 spiro atoms. The molecule has 1 rings (SSSR count). The summed E-state index contributed by atoms with van der Waals surface area (Å²) in [4.78, 5) is 24.1. The average Bonchev–Trinajstić information content (AvgIpc) is 2.18. The lowest BCUT2D eigenvalue weighted by atomic mass is 9.96. The lowest BCUT2D eigenvalue weighted by Gasteiger charge is -2.34. The molecule has 0 saturated carbocycles. The molecule has 1 aliphatic heterocycles. The molecule has 0 aliphatic carbocycles. The normalized spacial score (nSPS) is 26.5. The fourth-order valence-corrected chi connectivity index (χ4v) is 1.80. The fourth-order valence-electron chi connectivity index (χ4n) is 1.80. The average molecular weight is 213 g/mol. The van der Waals surface area contributed by atoms with Crippen LogP contribution in [0.25, 0.3) is 0 Å². The first-order valence-corrected chi connectivity index (χ1v) is 5.46. The second-order valence-electron chi connectivity index (χ2n) is 4.38. The number of rotatable bonds is 3. The summed E-state index contributed by atoms with van der Waals surface area (Å²) < 4.78 is 0. The van der Waals surface area contributed by atoms with E-state index in [4.69, 9.17) is 0 Å². The van der Waals surface area contributed by atoms with Crippen molar-refractivity contribution < 1.29 is 14.7 Å². The second kappa shape index (κ2) is 5.26. The van der Waals surface area contributed by atoms with Gasteiger partial charge in [-0.1, -0.05) is 6.92 Å². The van der Waals surface area contributed by atoms with Crippen molar-refractivity contribution in [2.45, 2.75) is 39.2 Å². The number of likely N-dealkylation sites (tertiary alicyclic amines) is 1. The fraction of sp³-hybridized carbons (Fsp3) is 0.818. The molecule has 4 nitrogen and oxygen atoms in total. The summed E-state index contributed by atoms with van der Waals surface area (Å²) >= 11 is 0. The highest BCUT2D eigenvalue weighted by Gasteiger charge is 2.26. The third-order valence-corrected chi connectivity index (χ3v) is 2.90. The number of amides is 1. The lowest BCUT2D eigenvalue weighted by Crippen LogP contribution is -2.44. The van der Waals surface area contributed by atoms with Crippen LogP contribution in [-0.2, 0) is 9.59 Å². The molecule has 1 saturated heterocycles. The van der Waals surface area contributed by atoms with Gasteiger partial charge in [0.05, 0.1) is 6.10 Å². The molecule has 4 heteroatoms. The van der Waals surface area contributed by atoms with Crippen molar-refractivity contribution in [3.63, 3.8) is 0 Å². The van der Waals surface area contributed by atoms with Gasteiger partial charge in [-0.2, -0.15) is 0 Å². The number of nitrogens with zero attached hydrogens (tertiary/aromatic N) is 1. The Kier molecular flexibility index (Phi) is 4.27. The predicted molar refractivity (Wildman–Crippen MR) is 56.3 cm³/mol. The number of carbonyl (C=O) groups is 2. The molecule has 0 aromatic heterocycles. The number of carbonyl (C=O) groups excluding carboxylic acids is 2. The third-order valence-electron chi connectivity index (χ3n) is 2.90. The van der Waals surface area contributed by atoms with Crippen LogP contribution in [0.1, 0.15) is 33.1 Å². The minimum Gasteiger partial charge on any atom is -0.393 e. The van der Waals surface area contributed by atoms with Gasteiger partial charge in [0.1, 0.15) is 5.78 Å². The van der Waals surface area contributed by atoms with Crippen LogP contribution in [-0.4, -0.2) is 40.9 Å². The van der Waals surface area contributed by atoms with Gasteiger partial charge in [0, 0.05) is 25.9 Å². The zero-order valence-electron chi connectivity index (χ0n) is 9.40. The number of hydrogen-bond donors (Lipinski definition) is 1. The molecule has 1 N–H and O–H groups in total. The van der Waals surface area contributed by atoms with E-state index >= 15 is 0 Å². The Morgan fingerprint density at radius 1 is 1.40 bits per heavy atom. The van der Waals surface area contributed by atoms with Crippen molar-refractivity contribution in [2.24, 2.45) is 5.92 Å². The Labute approximate surface area is 90.3 Å². The number of aliphatic hydroxyl groups is 1. The molecular weight excluding hydrogens is 194 g/mol. The maximum Gasteiger partial charge on any atom is 0.223 e. The molecule has 2 unspecified atom stereocenters. The molecule has 2 atom stereocenters. The maximum absolute atomic E-state index is 11.6. The monoisotopic (exact) mass is 213 g/mol. The number of piperidine rings is 1. The van der Waals surface area contributed by atoms with Crippen molar-refractivity contribution in [3.8, 4) is 0 Å². The lowest BCUT2D eigenvalue weighted by molar-refractivity contribution is -0.136. The van der Waals surface area contributed by atoms with Gasteiger partial charge in [0.2, 0.25) is 5.91 Å². The van der Waals surface area contributed by atoms with Gasteiger partial charge in [-0.05, 0) is 19.3 Å². The number of Topliss-reactive ketones (excluding diaryl/α,β-unsaturated/α-hetero) is 1. The smallest absolute Gasteiger partial charge is 0.223 e. The van der Waals surface area contributed by atoms with Crippen LogP contribution in [0.5, 0.6) is 0 Å². The van der Waals surface area contributed by atoms with Gasteiger partial charge >= 0.3 is 0 Å². The first-order valence-electron chi connectivity index (χ1n) is 5.46. The van der Waals surface area contributed by atoms with Gasteiger partial charge in [0.25, 0.3) is 0 Å². The summed E-state index contributed by atoms with van der Waals surface area (Å²) in [5.41, 5.74) is 0. The molecule has 1 amide bonds. The Morgan fingerprint density at radius 2 is 2.07 bits per heavy atom. The Hall–Kier alpha value is -0.900. The van der Waals surface area contributed by atoms with E-state index < -0.39 is 0 Å². The highest BCUT2D eigenvalue weighted by molar-refractivity contribution is 5.83. The minimum atomic E-state index is -0.290. The topological polar surface area (TPSA) is 57.6 Å². The van der Waals surface area contributed by atoms with Crippen molar-refractivity contribution in [3.05, 3.63) is 0 Å². The standard InChI is InChI=1S/C11H19NO3/c1-8-7-12(6-5-10(8)14)11(15)4-3-9(2)13/h8,10,14H,3-7H2,1-2H3. The van der Waals surface area contributed by atoms with E-state index in [0.29, 0.717) is 32.4 Å². The predicted octanol–water partition coefficient (Wildman–Crippen LogP) is 0.585. The van der Waals surface area contributed by atoms with E-state index in [1.165, 1.54) is 6.92 Å². The molecule has 0 aromatic rings. The molecular formula is C11H19NO3. The second-order valence-corrected chi connectivity index (χ2v) is 4.38. The van der Waals surface area contributed by atoms with Crippen LogP contribution in [0.4, 0.5) is 0 Å². The van der Waals surface area contributed by atoms with Gasteiger partial charge in [-0.3, -0.25) is 4.79 Å². The molecule has 0 bridgehead atoms. The number of aliphatic hydroxyl groups excluding tert-OH is 1. The van der Waals surface area contributed by atoms with Crippen molar-refractivity contribution in [1.82, 2.24) is 4.90 Å². The molecule has 1 fully saturated rings. The van der Waals surface area contributed by atoms with Crippen LogP contribution < -0.4 is 0 Å². The summed E-state index contributed by atoms with van der Waals surface area (Å²) in [6, 6.07) is 0. The quantitative estimate of drug-likeness (QED) is 0.746. The van der Waals surface area contributed by atoms with Crippen LogP contribution in [0.2, 0.25) is 0 Å². The van der Waals surface area contributed by atoms with E-state index in [9.17, 15) is 14.7 Å². The van der Waals surface area contributed by atoms with Gasteiger partial charge < -0.3 is 14.8 Å². The van der Waals surface area contributed by atoms with Crippen LogP contribution in [0.15, 0.2) is 0 Å². The minimum absolute atomic E-state index is 0.0314. The SMILES string of the molecule is CC(=O)CCC(=O)N1CCC(O)C(C)C1. The van der Waals surface area contributed by atoms with Crippen molar-refractivity contribution in [1.29, 1.82) is 0 Å². The molecule has 1 heterocycles. The Bertz CT molecular complexity index is 252. The molecule has 1 aliphatic rings. The Morgan fingerprint density at radius 3 is 2.60 bits per heavy atom. The van der Waals surface area contributed by atoms with Gasteiger partial charge in [0.15, 0.2) is 0 Å². The number of ketones is 1.